The van der Waals surface area contributed by atoms with E-state index in [-0.39, 0.29) is 5.57 Å². The highest BCUT2D eigenvalue weighted by molar-refractivity contribution is 6.30. The number of aryl methyl sites for hydroxylation is 1. The van der Waals surface area contributed by atoms with Crippen molar-refractivity contribution in [2.24, 2.45) is 0 Å². The van der Waals surface area contributed by atoms with Gasteiger partial charge in [0.1, 0.15) is 5.75 Å². The van der Waals surface area contributed by atoms with Gasteiger partial charge in [0, 0.05) is 5.02 Å². The number of halogens is 1. The molecule has 0 saturated carbocycles. The highest BCUT2D eigenvalue weighted by Crippen LogP contribution is 2.25. The van der Waals surface area contributed by atoms with E-state index in [4.69, 9.17) is 16.3 Å². The normalized spacial score (nSPS) is 11.3. The average Bonchev–Trinajstić information content (AvgIpc) is 2.53. The van der Waals surface area contributed by atoms with Gasteiger partial charge in [-0.1, -0.05) is 36.7 Å². The van der Waals surface area contributed by atoms with Crippen LogP contribution in [-0.4, -0.2) is 17.7 Å². The standard InChI is InChI=1S/C19H19ClO3/c1-3-10-23-18-9-6-15(11-13(18)2)17(19(21)22)12-14-4-7-16(20)8-5-14/h4-9,11-12H,3,10H2,1-2H3,(H,21,22)/b17-12-. The molecule has 2 aromatic rings. The highest BCUT2D eigenvalue weighted by atomic mass is 35.5. The minimum absolute atomic E-state index is 0.234. The molecular weight excluding hydrogens is 312 g/mol. The second kappa shape index (κ2) is 7.84. The van der Waals surface area contributed by atoms with Crippen molar-refractivity contribution in [1.82, 2.24) is 0 Å². The number of carboxylic acids is 1. The van der Waals surface area contributed by atoms with Gasteiger partial charge >= 0.3 is 5.97 Å². The number of rotatable bonds is 6. The minimum Gasteiger partial charge on any atom is -0.493 e. The SMILES string of the molecule is CCCOc1ccc(/C(=C/c2ccc(Cl)cc2)C(=O)O)cc1C. The number of hydrogen-bond donors (Lipinski definition) is 1. The highest BCUT2D eigenvalue weighted by Gasteiger charge is 2.12. The molecule has 2 aromatic carbocycles. The molecule has 23 heavy (non-hydrogen) atoms. The van der Waals surface area contributed by atoms with Gasteiger partial charge in [0.15, 0.2) is 0 Å². The summed E-state index contributed by atoms with van der Waals surface area (Å²) in [4.78, 5) is 11.6. The first kappa shape index (κ1) is 17.1. The Bertz CT molecular complexity index is 718. The molecule has 0 amide bonds. The van der Waals surface area contributed by atoms with E-state index in [9.17, 15) is 9.90 Å². The molecule has 3 nitrogen and oxygen atoms in total. The fourth-order valence-electron chi connectivity index (χ4n) is 2.19. The predicted molar refractivity (Wildman–Crippen MR) is 93.9 cm³/mol. The van der Waals surface area contributed by atoms with Crippen LogP contribution >= 0.6 is 11.6 Å². The number of benzene rings is 2. The molecule has 0 spiro atoms. The molecule has 0 saturated heterocycles. The molecule has 0 aliphatic rings. The third-order valence-corrected chi connectivity index (χ3v) is 3.61. The summed E-state index contributed by atoms with van der Waals surface area (Å²) >= 11 is 5.86. The second-order valence-electron chi connectivity index (χ2n) is 5.24. The topological polar surface area (TPSA) is 46.5 Å². The maximum Gasteiger partial charge on any atom is 0.336 e. The van der Waals surface area contributed by atoms with Crippen molar-refractivity contribution in [2.45, 2.75) is 20.3 Å². The lowest BCUT2D eigenvalue weighted by atomic mass is 10.0. The predicted octanol–water partition coefficient (Wildman–Crippen LogP) is 5.06. The Morgan fingerprint density at radius 1 is 1.22 bits per heavy atom. The van der Waals surface area contributed by atoms with Crippen LogP contribution in [0.2, 0.25) is 5.02 Å². The first-order valence-electron chi connectivity index (χ1n) is 7.45. The lowest BCUT2D eigenvalue weighted by Gasteiger charge is -2.10. The van der Waals surface area contributed by atoms with E-state index in [2.05, 4.69) is 0 Å². The zero-order valence-corrected chi connectivity index (χ0v) is 13.9. The van der Waals surface area contributed by atoms with Gasteiger partial charge in [-0.05, 0) is 60.4 Å². The number of carbonyl (C=O) groups is 1. The monoisotopic (exact) mass is 330 g/mol. The van der Waals surface area contributed by atoms with Crippen LogP contribution in [0.15, 0.2) is 42.5 Å². The molecule has 120 valence electrons. The van der Waals surface area contributed by atoms with Crippen LogP contribution in [0.25, 0.3) is 11.6 Å². The summed E-state index contributed by atoms with van der Waals surface area (Å²) in [5.41, 5.74) is 2.58. The average molecular weight is 331 g/mol. The molecule has 0 unspecified atom stereocenters. The molecule has 2 rings (SSSR count). The largest absolute Gasteiger partial charge is 0.493 e. The molecule has 0 atom stereocenters. The Hall–Kier alpha value is -2.26. The first-order chi connectivity index (χ1) is 11.0. The molecule has 1 N–H and O–H groups in total. The van der Waals surface area contributed by atoms with Crippen molar-refractivity contribution < 1.29 is 14.6 Å². The van der Waals surface area contributed by atoms with Crippen molar-refractivity contribution in [3.05, 3.63) is 64.2 Å². The number of ether oxygens (including phenoxy) is 1. The van der Waals surface area contributed by atoms with Crippen molar-refractivity contribution in [3.63, 3.8) is 0 Å². The van der Waals surface area contributed by atoms with Gasteiger partial charge in [-0.2, -0.15) is 0 Å². The molecule has 0 radical (unpaired) electrons. The molecule has 4 heteroatoms. The molecule has 0 aliphatic carbocycles. The van der Waals surface area contributed by atoms with Crippen molar-refractivity contribution in [1.29, 1.82) is 0 Å². The minimum atomic E-state index is -0.971. The van der Waals surface area contributed by atoms with E-state index in [1.54, 1.807) is 36.4 Å². The zero-order valence-electron chi connectivity index (χ0n) is 13.2. The summed E-state index contributed by atoms with van der Waals surface area (Å²) in [6.07, 6.45) is 2.57. The van der Waals surface area contributed by atoms with E-state index < -0.39 is 5.97 Å². The summed E-state index contributed by atoms with van der Waals surface area (Å²) in [7, 11) is 0. The van der Waals surface area contributed by atoms with Crippen LogP contribution in [-0.2, 0) is 4.79 Å². The first-order valence-corrected chi connectivity index (χ1v) is 7.83. The van der Waals surface area contributed by atoms with Gasteiger partial charge < -0.3 is 9.84 Å². The fraction of sp³-hybridized carbons (Fsp3) is 0.211. The Labute approximate surface area is 141 Å². The zero-order chi connectivity index (χ0) is 16.8. The van der Waals surface area contributed by atoms with E-state index >= 15 is 0 Å². The Morgan fingerprint density at radius 2 is 1.91 bits per heavy atom. The van der Waals surface area contributed by atoms with Crippen LogP contribution in [0.1, 0.15) is 30.0 Å². The maximum absolute atomic E-state index is 11.6. The van der Waals surface area contributed by atoms with E-state index in [0.717, 1.165) is 23.3 Å². The summed E-state index contributed by atoms with van der Waals surface area (Å²) < 4.78 is 5.63. The molecule has 0 bridgehead atoms. The van der Waals surface area contributed by atoms with Gasteiger partial charge in [-0.15, -0.1) is 0 Å². The van der Waals surface area contributed by atoms with Crippen molar-refractivity contribution in [3.8, 4) is 5.75 Å². The van der Waals surface area contributed by atoms with Crippen LogP contribution in [0.5, 0.6) is 5.75 Å². The number of aliphatic carboxylic acids is 1. The van der Waals surface area contributed by atoms with E-state index in [1.807, 2.05) is 26.0 Å². The third-order valence-electron chi connectivity index (χ3n) is 3.36. The van der Waals surface area contributed by atoms with Gasteiger partial charge in [0.05, 0.1) is 12.2 Å². The number of carboxylic acid groups (broad SMARTS) is 1. The Balaban J connectivity index is 2.36. The van der Waals surface area contributed by atoms with Gasteiger partial charge in [0.2, 0.25) is 0 Å². The van der Waals surface area contributed by atoms with Crippen LogP contribution in [0, 0.1) is 6.92 Å². The molecule has 0 heterocycles. The van der Waals surface area contributed by atoms with Crippen molar-refractivity contribution >= 4 is 29.2 Å². The third kappa shape index (κ3) is 4.60. The van der Waals surface area contributed by atoms with Gasteiger partial charge in [0.25, 0.3) is 0 Å². The summed E-state index contributed by atoms with van der Waals surface area (Å²) in [6, 6.07) is 12.5. The van der Waals surface area contributed by atoms with Crippen LogP contribution < -0.4 is 4.74 Å². The summed E-state index contributed by atoms with van der Waals surface area (Å²) in [5, 5.41) is 10.1. The van der Waals surface area contributed by atoms with E-state index in [1.165, 1.54) is 0 Å². The molecule has 0 fully saturated rings. The molecular formula is C19H19ClO3. The van der Waals surface area contributed by atoms with Crippen LogP contribution in [0.3, 0.4) is 0 Å². The lowest BCUT2D eigenvalue weighted by molar-refractivity contribution is -0.130. The Morgan fingerprint density at radius 3 is 2.48 bits per heavy atom. The van der Waals surface area contributed by atoms with Crippen LogP contribution in [0.4, 0.5) is 0 Å². The Kier molecular flexibility index (Phi) is 5.83. The fourth-order valence-corrected chi connectivity index (χ4v) is 2.31. The van der Waals surface area contributed by atoms with Crippen molar-refractivity contribution in [2.75, 3.05) is 6.61 Å². The molecule has 0 aromatic heterocycles. The smallest absolute Gasteiger partial charge is 0.336 e. The van der Waals surface area contributed by atoms with Gasteiger partial charge in [-0.25, -0.2) is 4.79 Å². The quantitative estimate of drug-likeness (QED) is 0.594. The van der Waals surface area contributed by atoms with Gasteiger partial charge in [-0.3, -0.25) is 0 Å². The molecule has 0 aliphatic heterocycles. The number of hydrogen-bond acceptors (Lipinski definition) is 2. The van der Waals surface area contributed by atoms with E-state index in [0.29, 0.717) is 17.2 Å². The summed E-state index contributed by atoms with van der Waals surface area (Å²) in [5.74, 6) is -0.187. The maximum atomic E-state index is 11.6. The summed E-state index contributed by atoms with van der Waals surface area (Å²) in [6.45, 7) is 4.60. The second-order valence-corrected chi connectivity index (χ2v) is 5.68. The lowest BCUT2D eigenvalue weighted by Crippen LogP contribution is -2.02.